The number of carbonyl (C=O) groups is 3. The van der Waals surface area contributed by atoms with Crippen LogP contribution < -0.4 is 33.3 Å². The number of anilines is 1. The molecule has 0 fully saturated rings. The first-order chi connectivity index (χ1) is 16.0. The molecule has 188 valence electrons. The van der Waals surface area contributed by atoms with Crippen molar-refractivity contribution in [3.63, 3.8) is 0 Å². The molecule has 1 heterocycles. The van der Waals surface area contributed by atoms with E-state index in [0.717, 1.165) is 6.07 Å². The van der Waals surface area contributed by atoms with Gasteiger partial charge in [-0.15, -0.1) is 0 Å². The number of amides is 3. The summed E-state index contributed by atoms with van der Waals surface area (Å²) in [5.74, 6) is -1.78. The fraction of sp³-hybridized carbons (Fsp3) is 0.526. The molecule has 1 aliphatic rings. The lowest BCUT2D eigenvalue weighted by atomic mass is 9.78. The number of hydrogen-bond acceptors (Lipinski definition) is 8. The third kappa shape index (κ3) is 7.40. The van der Waals surface area contributed by atoms with E-state index in [1.807, 2.05) is 0 Å². The number of alkyl halides is 3. The molecule has 1 unspecified atom stereocenters. The number of halogens is 3. The number of hydrogen-bond donors (Lipinski definition) is 6. The van der Waals surface area contributed by atoms with Crippen LogP contribution in [-0.4, -0.2) is 73.5 Å². The van der Waals surface area contributed by atoms with Gasteiger partial charge in [0.1, 0.15) is 0 Å². The monoisotopic (exact) mass is 488 g/mol. The van der Waals surface area contributed by atoms with E-state index in [1.165, 1.54) is 11.0 Å². The van der Waals surface area contributed by atoms with Crippen LogP contribution in [0.15, 0.2) is 12.1 Å². The quantitative estimate of drug-likeness (QED) is 0.190. The Hall–Kier alpha value is -2.72. The van der Waals surface area contributed by atoms with Gasteiger partial charge in [-0.3, -0.25) is 14.4 Å². The Morgan fingerprint density at radius 1 is 1.21 bits per heavy atom. The molecule has 3 amide bonds. The Morgan fingerprint density at radius 2 is 1.85 bits per heavy atom. The first kappa shape index (κ1) is 27.5. The van der Waals surface area contributed by atoms with E-state index < -0.39 is 49.9 Å². The topological polar surface area (TPSA) is 186 Å². The van der Waals surface area contributed by atoms with Gasteiger partial charge in [0.15, 0.2) is 0 Å². The zero-order valence-electron chi connectivity index (χ0n) is 18.4. The molecule has 15 heteroatoms. The molecule has 1 atom stereocenters. The number of fused-ring (bicyclic) bond motifs is 1. The predicted molar refractivity (Wildman–Crippen MR) is 117 cm³/mol. The number of nitrogens with two attached hydrogens (primary N) is 3. The Bertz CT molecular complexity index is 898. The van der Waals surface area contributed by atoms with Crippen LogP contribution in [0.2, 0.25) is 0 Å². The van der Waals surface area contributed by atoms with Gasteiger partial charge in [-0.25, -0.2) is 0 Å². The maximum Gasteiger partial charge on any atom is 0.491 e. The molecule has 11 nitrogen and oxygen atoms in total. The van der Waals surface area contributed by atoms with Crippen LogP contribution in [0, 0.1) is 0 Å². The van der Waals surface area contributed by atoms with Gasteiger partial charge in [-0.2, -0.15) is 13.2 Å². The first-order valence-electron chi connectivity index (χ1n) is 10.5. The molecule has 0 spiro atoms. The van der Waals surface area contributed by atoms with Gasteiger partial charge in [0.25, 0.3) is 0 Å². The van der Waals surface area contributed by atoms with Gasteiger partial charge in [-0.1, -0.05) is 0 Å². The third-order valence-electron chi connectivity index (χ3n) is 5.11. The first-order valence-corrected chi connectivity index (χ1v) is 10.5. The van der Waals surface area contributed by atoms with Crippen LogP contribution >= 0.6 is 0 Å². The second-order valence-electron chi connectivity index (χ2n) is 7.62. The van der Waals surface area contributed by atoms with Gasteiger partial charge in [0.05, 0.1) is 24.8 Å². The van der Waals surface area contributed by atoms with Gasteiger partial charge in [-0.05, 0) is 29.6 Å². The zero-order chi connectivity index (χ0) is 25.5. The van der Waals surface area contributed by atoms with Crippen LogP contribution in [0.1, 0.15) is 24.0 Å². The van der Waals surface area contributed by atoms with Crippen molar-refractivity contribution in [3.8, 4) is 0 Å². The van der Waals surface area contributed by atoms with Crippen molar-refractivity contribution in [1.29, 1.82) is 0 Å². The van der Waals surface area contributed by atoms with Gasteiger partial charge >= 0.3 is 13.3 Å². The lowest BCUT2D eigenvalue weighted by molar-refractivity contribution is -0.138. The van der Waals surface area contributed by atoms with Crippen molar-refractivity contribution in [3.05, 3.63) is 23.3 Å². The van der Waals surface area contributed by atoms with Gasteiger partial charge in [0.2, 0.25) is 17.7 Å². The Balaban J connectivity index is 1.90. The highest BCUT2D eigenvalue weighted by atomic mass is 19.4. The maximum atomic E-state index is 13.3. The summed E-state index contributed by atoms with van der Waals surface area (Å²) in [6, 6.07) is 0.818. The molecule has 0 saturated heterocycles. The zero-order valence-corrected chi connectivity index (χ0v) is 18.4. The Morgan fingerprint density at radius 3 is 2.44 bits per heavy atom. The van der Waals surface area contributed by atoms with Crippen molar-refractivity contribution < 1.29 is 37.2 Å². The second-order valence-corrected chi connectivity index (χ2v) is 7.62. The fourth-order valence-corrected chi connectivity index (χ4v) is 3.40. The number of benzene rings is 1. The molecule has 1 aromatic rings. The highest BCUT2D eigenvalue weighted by Gasteiger charge is 2.40. The molecule has 2 rings (SSSR count). The van der Waals surface area contributed by atoms with E-state index in [2.05, 4.69) is 10.6 Å². The molecular weight excluding hydrogens is 460 g/mol. The molecule has 9 N–H and O–H groups in total. The molecular formula is C19H28BF3N6O5. The van der Waals surface area contributed by atoms with Crippen LogP contribution in [0.4, 0.5) is 18.9 Å². The lowest BCUT2D eigenvalue weighted by Gasteiger charge is -2.22. The minimum absolute atomic E-state index is 0.00951. The number of nitrogens with zero attached hydrogens (tertiary/aromatic N) is 1. The van der Waals surface area contributed by atoms with E-state index >= 15 is 0 Å². The third-order valence-corrected chi connectivity index (χ3v) is 5.11. The summed E-state index contributed by atoms with van der Waals surface area (Å²) in [4.78, 5) is 37.9. The van der Waals surface area contributed by atoms with Crippen LogP contribution in [0.25, 0.3) is 0 Å². The maximum absolute atomic E-state index is 13.3. The second kappa shape index (κ2) is 12.1. The van der Waals surface area contributed by atoms with E-state index in [1.54, 1.807) is 0 Å². The highest BCUT2D eigenvalue weighted by Crippen LogP contribution is 2.35. The van der Waals surface area contributed by atoms with E-state index in [-0.39, 0.29) is 48.6 Å². The van der Waals surface area contributed by atoms with Crippen molar-refractivity contribution in [1.82, 2.24) is 10.2 Å². The summed E-state index contributed by atoms with van der Waals surface area (Å²) < 4.78 is 44.8. The molecule has 0 aliphatic carbocycles. The number of carbonyl (C=O) groups excluding carboxylic acids is 3. The number of nitrogens with one attached hydrogen (secondary N) is 2. The van der Waals surface area contributed by atoms with E-state index in [4.69, 9.17) is 21.9 Å². The summed E-state index contributed by atoms with van der Waals surface area (Å²) >= 11 is 0. The summed E-state index contributed by atoms with van der Waals surface area (Å²) in [5.41, 5.74) is 15.1. The SMILES string of the molecule is NCCN(CCN)C(=O)CCC(N)C(=O)NCC(=O)Nc1cc2c(c(C(F)(F)F)c1)COB2O. The Kier molecular flexibility index (Phi) is 9.82. The van der Waals surface area contributed by atoms with Gasteiger partial charge < -0.3 is 42.4 Å². The van der Waals surface area contributed by atoms with Crippen molar-refractivity contribution >= 4 is 36.0 Å². The molecule has 0 aromatic heterocycles. The van der Waals surface area contributed by atoms with Crippen molar-refractivity contribution in [2.24, 2.45) is 17.2 Å². The largest absolute Gasteiger partial charge is 0.491 e. The van der Waals surface area contributed by atoms with Crippen molar-refractivity contribution in [2.45, 2.75) is 31.7 Å². The van der Waals surface area contributed by atoms with Crippen LogP contribution in [0.5, 0.6) is 0 Å². The van der Waals surface area contributed by atoms with Crippen LogP contribution in [-0.2, 0) is 31.8 Å². The smallest absolute Gasteiger partial charge is 0.423 e. The lowest BCUT2D eigenvalue weighted by Crippen LogP contribution is -2.45. The fourth-order valence-electron chi connectivity index (χ4n) is 3.40. The van der Waals surface area contributed by atoms with E-state index in [9.17, 15) is 32.6 Å². The van der Waals surface area contributed by atoms with Gasteiger partial charge in [0, 0.05) is 38.3 Å². The minimum Gasteiger partial charge on any atom is -0.423 e. The normalized spacial score (nSPS) is 13.9. The predicted octanol–water partition coefficient (Wildman–Crippen LogP) is -2.17. The molecule has 0 radical (unpaired) electrons. The summed E-state index contributed by atoms with van der Waals surface area (Å²) in [6.45, 7) is 0.178. The average molecular weight is 488 g/mol. The molecule has 1 aromatic carbocycles. The minimum atomic E-state index is -4.72. The molecule has 0 bridgehead atoms. The molecule has 34 heavy (non-hydrogen) atoms. The highest BCUT2D eigenvalue weighted by molar-refractivity contribution is 6.61. The average Bonchev–Trinajstić information content (AvgIpc) is 3.14. The summed E-state index contributed by atoms with van der Waals surface area (Å²) in [5, 5.41) is 14.3. The van der Waals surface area contributed by atoms with E-state index in [0.29, 0.717) is 13.1 Å². The van der Waals surface area contributed by atoms with Crippen LogP contribution in [0.3, 0.4) is 0 Å². The Labute approximate surface area is 194 Å². The summed E-state index contributed by atoms with van der Waals surface area (Å²) in [6.07, 6.45) is -4.74. The molecule has 0 saturated carbocycles. The van der Waals surface area contributed by atoms with Crippen molar-refractivity contribution in [2.75, 3.05) is 38.0 Å². The standard InChI is InChI=1S/C19H28BF3N6O5/c21-19(22,23)13-7-11(8-14-12(13)10-34-20(14)33)28-16(30)9-27-18(32)15(26)1-2-17(31)29(5-3-24)6-4-25/h7-8,15,33H,1-6,9-10,24-26H2,(H,27,32)(H,28,30). The number of rotatable bonds is 11. The summed E-state index contributed by atoms with van der Waals surface area (Å²) in [7, 11) is -1.54. The molecule has 1 aliphatic heterocycles.